The van der Waals surface area contributed by atoms with Gasteiger partial charge in [-0.25, -0.2) is 0 Å². The number of nitrogens with one attached hydrogen (secondary N) is 1. The Labute approximate surface area is 278 Å². The number of carbonyl (C=O) groups excluding carboxylic acids is 2. The van der Waals surface area contributed by atoms with Crippen molar-refractivity contribution >= 4 is 46.3 Å². The third kappa shape index (κ3) is 6.24. The molecule has 1 N–H and O–H groups in total. The number of carbonyl (C=O) groups is 2. The van der Waals surface area contributed by atoms with Crippen LogP contribution in [0.2, 0.25) is 0 Å². The summed E-state index contributed by atoms with van der Waals surface area (Å²) in [4.78, 5) is 28.5. The van der Waals surface area contributed by atoms with E-state index in [9.17, 15) is 9.59 Å². The largest absolute Gasteiger partial charge is 0.361 e. The van der Waals surface area contributed by atoms with Crippen molar-refractivity contribution in [2.45, 2.75) is 78.6 Å². The summed E-state index contributed by atoms with van der Waals surface area (Å²) in [7, 11) is 0. The average Bonchev–Trinajstić information content (AvgIpc) is 3.57. The second-order valence-electron chi connectivity index (χ2n) is 14.7. The van der Waals surface area contributed by atoms with Crippen molar-refractivity contribution in [2.75, 3.05) is 5.32 Å². The molecule has 1 saturated carbocycles. The zero-order valence-corrected chi connectivity index (χ0v) is 29.4. The number of rotatable bonds is 5. The summed E-state index contributed by atoms with van der Waals surface area (Å²) in [5.74, 6) is -0.481. The zero-order valence-electron chi connectivity index (χ0n) is 28.6. The molecule has 236 valence electrons. The van der Waals surface area contributed by atoms with Crippen LogP contribution in [0.1, 0.15) is 94.3 Å². The molecule has 0 radical (unpaired) electrons. The molecule has 1 fully saturated rings. The number of thiophene rings is 1. The van der Waals surface area contributed by atoms with E-state index < -0.39 is 0 Å². The maximum atomic E-state index is 13.3. The second-order valence-corrected chi connectivity index (χ2v) is 15.8. The Morgan fingerprint density at radius 2 is 1.33 bits per heavy atom. The van der Waals surface area contributed by atoms with E-state index in [4.69, 9.17) is 0 Å². The van der Waals surface area contributed by atoms with Crippen LogP contribution in [0.4, 0.5) is 5.69 Å². The van der Waals surface area contributed by atoms with Gasteiger partial charge in [0.2, 0.25) is 0 Å². The molecule has 5 rings (SSSR count). The topological polar surface area (TPSA) is 46.2 Å². The van der Waals surface area contributed by atoms with Crippen LogP contribution in [0, 0.1) is 0 Å². The Morgan fingerprint density at radius 1 is 0.761 bits per heavy atom. The maximum Gasteiger partial charge on any atom is 0.197 e. The lowest BCUT2D eigenvalue weighted by molar-refractivity contribution is -0.115. The fraction of sp³-hybridized carbons (Fsp3) is 0.286. The molecule has 0 saturated heterocycles. The minimum atomic E-state index is -0.305. The van der Waals surface area contributed by atoms with Gasteiger partial charge in [0.05, 0.1) is 5.57 Å². The SMILES string of the molecule is C=C/C=C1/C(=O)/C(=C\c2cc3c(s2)C(=C/Nc2ccc(C(C)(C)C)cc2)/C(=C\c2ccc(C(C)(C)C)cc2)C3(C)C)C(=O)/C1=C/C. The maximum absolute atomic E-state index is 13.3. The number of ketones is 2. The molecule has 46 heavy (non-hydrogen) atoms. The highest BCUT2D eigenvalue weighted by atomic mass is 32.1. The molecule has 0 spiro atoms. The van der Waals surface area contributed by atoms with E-state index in [0.29, 0.717) is 11.1 Å². The Hall–Kier alpha value is -4.28. The second kappa shape index (κ2) is 12.1. The van der Waals surface area contributed by atoms with Crippen LogP contribution < -0.4 is 5.32 Å². The lowest BCUT2D eigenvalue weighted by Crippen LogP contribution is -2.15. The first-order valence-corrected chi connectivity index (χ1v) is 16.7. The van der Waals surface area contributed by atoms with Gasteiger partial charge in [-0.1, -0.05) is 123 Å². The lowest BCUT2D eigenvalue weighted by atomic mass is 9.81. The molecular formula is C42H45NO2S. The average molecular weight is 628 g/mol. The predicted octanol–water partition coefficient (Wildman–Crippen LogP) is 10.8. The molecule has 4 heteroatoms. The molecule has 0 unspecified atom stereocenters. The fourth-order valence-corrected chi connectivity index (χ4v) is 7.39. The molecule has 1 aromatic heterocycles. The van der Waals surface area contributed by atoms with Gasteiger partial charge in [-0.05, 0) is 69.9 Å². The van der Waals surface area contributed by atoms with Crippen molar-refractivity contribution in [1.29, 1.82) is 0 Å². The minimum absolute atomic E-state index is 0.0830. The van der Waals surface area contributed by atoms with Crippen LogP contribution in [-0.2, 0) is 25.8 Å². The molecule has 2 aliphatic rings. The van der Waals surface area contributed by atoms with Crippen LogP contribution in [-0.4, -0.2) is 11.6 Å². The van der Waals surface area contributed by atoms with E-state index in [1.54, 1.807) is 42.6 Å². The molecule has 0 atom stereocenters. The molecule has 0 amide bonds. The monoisotopic (exact) mass is 627 g/mol. The molecular weight excluding hydrogens is 583 g/mol. The van der Waals surface area contributed by atoms with Crippen molar-refractivity contribution in [1.82, 2.24) is 0 Å². The van der Waals surface area contributed by atoms with Crippen molar-refractivity contribution in [2.24, 2.45) is 0 Å². The van der Waals surface area contributed by atoms with Gasteiger partial charge in [0.1, 0.15) is 0 Å². The minimum Gasteiger partial charge on any atom is -0.361 e. The zero-order chi connectivity index (χ0) is 33.6. The van der Waals surface area contributed by atoms with Gasteiger partial charge in [0.25, 0.3) is 0 Å². The standard InChI is InChI=1S/C42H45NO2S/c1-11-13-32-31(12-2)37(44)33(38(32)45)23-30-24-36-39(46-30)34(25-43-29-20-18-28(19-21-29)41(6,7)8)35(42(36,9)10)22-26-14-16-27(17-15-26)40(3,4)5/h11-25,43H,1H2,2-10H3/b31-12+,32-13+,33-23-,34-25+,35-22+. The highest BCUT2D eigenvalue weighted by Gasteiger charge is 2.41. The molecule has 3 aromatic rings. The van der Waals surface area contributed by atoms with E-state index in [1.807, 2.05) is 0 Å². The number of benzene rings is 2. The number of Topliss-reactive ketones (excluding diaryl/α,β-unsaturated/α-hetero) is 2. The molecule has 2 aromatic carbocycles. The predicted molar refractivity (Wildman–Crippen MR) is 197 cm³/mol. The van der Waals surface area contributed by atoms with Gasteiger partial charge in [0, 0.05) is 43.8 Å². The Morgan fingerprint density at radius 3 is 1.87 bits per heavy atom. The number of allylic oxidation sites excluding steroid dienone is 8. The first kappa shape index (κ1) is 33.1. The van der Waals surface area contributed by atoms with E-state index in [-0.39, 0.29) is 33.4 Å². The number of hydrogen-bond acceptors (Lipinski definition) is 4. The van der Waals surface area contributed by atoms with Gasteiger partial charge in [-0.3, -0.25) is 9.59 Å². The van der Waals surface area contributed by atoms with E-state index in [0.717, 1.165) is 26.6 Å². The van der Waals surface area contributed by atoms with Crippen LogP contribution in [0.15, 0.2) is 108 Å². The van der Waals surface area contributed by atoms with E-state index in [2.05, 4.69) is 134 Å². The summed E-state index contributed by atoms with van der Waals surface area (Å²) in [5.41, 5.74) is 9.18. The summed E-state index contributed by atoms with van der Waals surface area (Å²) < 4.78 is 0. The van der Waals surface area contributed by atoms with Gasteiger partial charge < -0.3 is 5.32 Å². The molecule has 3 nitrogen and oxygen atoms in total. The van der Waals surface area contributed by atoms with Crippen molar-refractivity contribution in [3.05, 3.63) is 140 Å². The van der Waals surface area contributed by atoms with Gasteiger partial charge in [-0.2, -0.15) is 0 Å². The Kier molecular flexibility index (Phi) is 8.74. The van der Waals surface area contributed by atoms with Crippen molar-refractivity contribution < 1.29 is 9.59 Å². The lowest BCUT2D eigenvalue weighted by Gasteiger charge is -2.23. The van der Waals surface area contributed by atoms with E-state index >= 15 is 0 Å². The molecule has 0 aliphatic heterocycles. The summed E-state index contributed by atoms with van der Waals surface area (Å²) in [6, 6.07) is 19.6. The Balaban J connectivity index is 1.59. The van der Waals surface area contributed by atoms with E-state index in [1.165, 1.54) is 22.3 Å². The van der Waals surface area contributed by atoms with Gasteiger partial charge >= 0.3 is 0 Å². The first-order valence-electron chi connectivity index (χ1n) is 15.9. The number of fused-ring (bicyclic) bond motifs is 1. The summed E-state index contributed by atoms with van der Waals surface area (Å²) >= 11 is 1.62. The number of hydrogen-bond donors (Lipinski definition) is 1. The normalized spacial score (nSPS) is 20.8. The highest BCUT2D eigenvalue weighted by Crippen LogP contribution is 2.54. The summed E-state index contributed by atoms with van der Waals surface area (Å²) in [5, 5.41) is 3.57. The third-order valence-electron chi connectivity index (χ3n) is 8.98. The van der Waals surface area contributed by atoms with Crippen LogP contribution in [0.5, 0.6) is 0 Å². The Bertz CT molecular complexity index is 1870. The molecule has 2 aliphatic carbocycles. The smallest absolute Gasteiger partial charge is 0.197 e. The van der Waals surface area contributed by atoms with Crippen molar-refractivity contribution in [3.63, 3.8) is 0 Å². The fourth-order valence-electron chi connectivity index (χ4n) is 6.10. The molecule has 1 heterocycles. The van der Waals surface area contributed by atoms with Crippen LogP contribution >= 0.6 is 11.3 Å². The number of anilines is 1. The van der Waals surface area contributed by atoms with Gasteiger partial charge in [-0.15, -0.1) is 11.3 Å². The van der Waals surface area contributed by atoms with Crippen molar-refractivity contribution in [3.8, 4) is 0 Å². The highest BCUT2D eigenvalue weighted by molar-refractivity contribution is 7.14. The third-order valence-corrected chi connectivity index (χ3v) is 10.1. The van der Waals surface area contributed by atoms with Gasteiger partial charge in [0.15, 0.2) is 11.6 Å². The quantitative estimate of drug-likeness (QED) is 0.226. The molecule has 0 bridgehead atoms. The van der Waals surface area contributed by atoms with Crippen LogP contribution in [0.3, 0.4) is 0 Å². The van der Waals surface area contributed by atoms with Crippen LogP contribution in [0.25, 0.3) is 17.7 Å². The first-order chi connectivity index (χ1) is 21.6. The summed E-state index contributed by atoms with van der Waals surface area (Å²) in [6.45, 7) is 23.4. The summed E-state index contributed by atoms with van der Waals surface area (Å²) in [6.07, 6.45) is 11.1.